The lowest BCUT2D eigenvalue weighted by molar-refractivity contribution is 0.489. The number of hydrogen-bond donors (Lipinski definition) is 2. The Hall–Kier alpha value is -1.13. The third kappa shape index (κ3) is 4.18. The monoisotopic (exact) mass is 309 g/mol. The zero-order valence-corrected chi connectivity index (χ0v) is 12.5. The number of aromatic nitrogens is 1. The van der Waals surface area contributed by atoms with E-state index in [0.29, 0.717) is 10.0 Å². The minimum atomic E-state index is 0.132. The van der Waals surface area contributed by atoms with Crippen molar-refractivity contribution in [2.75, 3.05) is 0 Å². The van der Waals surface area contributed by atoms with Gasteiger partial charge in [-0.3, -0.25) is 16.3 Å². The lowest BCUT2D eigenvalue weighted by atomic mass is 10.0. The van der Waals surface area contributed by atoms with Crippen LogP contribution < -0.4 is 11.3 Å². The highest BCUT2D eigenvalue weighted by Gasteiger charge is 2.12. The highest BCUT2D eigenvalue weighted by Crippen LogP contribution is 2.26. The summed E-state index contributed by atoms with van der Waals surface area (Å²) >= 11 is 12.2. The Morgan fingerprint density at radius 2 is 2.00 bits per heavy atom. The van der Waals surface area contributed by atoms with Crippen LogP contribution in [0.25, 0.3) is 0 Å². The number of nitrogens with one attached hydrogen (secondary N) is 1. The van der Waals surface area contributed by atoms with E-state index in [4.69, 9.17) is 29.0 Å². The van der Waals surface area contributed by atoms with Gasteiger partial charge in [0.15, 0.2) is 0 Å². The number of hydrogen-bond acceptors (Lipinski definition) is 3. The molecule has 0 aliphatic rings. The van der Waals surface area contributed by atoms with Gasteiger partial charge in [-0.2, -0.15) is 0 Å². The molecule has 106 valence electrons. The van der Waals surface area contributed by atoms with E-state index in [1.165, 1.54) is 0 Å². The van der Waals surface area contributed by atoms with Crippen LogP contribution in [0.4, 0.5) is 0 Å². The number of hydrazine groups is 1. The smallest absolute Gasteiger partial charge is 0.0624 e. The predicted molar refractivity (Wildman–Crippen MR) is 83.8 cm³/mol. The Morgan fingerprint density at radius 3 is 2.70 bits per heavy atom. The number of nitrogens with two attached hydrogens (primary N) is 1. The lowest BCUT2D eigenvalue weighted by Gasteiger charge is -2.16. The van der Waals surface area contributed by atoms with Crippen LogP contribution in [-0.4, -0.2) is 11.0 Å². The summed E-state index contributed by atoms with van der Waals surface area (Å²) in [7, 11) is 0. The molecule has 0 bridgehead atoms. The summed E-state index contributed by atoms with van der Waals surface area (Å²) in [6, 6.07) is 11.7. The van der Waals surface area contributed by atoms with Crippen LogP contribution in [0.2, 0.25) is 10.0 Å². The first kappa shape index (κ1) is 15.3. The van der Waals surface area contributed by atoms with Crippen molar-refractivity contribution in [3.63, 3.8) is 0 Å². The van der Waals surface area contributed by atoms with Gasteiger partial charge in [0.1, 0.15) is 0 Å². The van der Waals surface area contributed by atoms with Gasteiger partial charge >= 0.3 is 0 Å². The second-order valence-electron chi connectivity index (χ2n) is 4.64. The molecule has 0 aliphatic heterocycles. The van der Waals surface area contributed by atoms with E-state index < -0.39 is 0 Å². The molecule has 2 aromatic rings. The maximum Gasteiger partial charge on any atom is 0.0624 e. The fourth-order valence-corrected chi connectivity index (χ4v) is 2.48. The number of nitrogens with zero attached hydrogens (tertiary/aromatic N) is 1. The number of halogens is 2. The van der Waals surface area contributed by atoms with Gasteiger partial charge in [0.25, 0.3) is 0 Å². The van der Waals surface area contributed by atoms with Gasteiger partial charge in [0.05, 0.1) is 10.0 Å². The van der Waals surface area contributed by atoms with Crippen LogP contribution in [0.15, 0.2) is 42.6 Å². The maximum atomic E-state index is 6.20. The van der Waals surface area contributed by atoms with Gasteiger partial charge in [0.2, 0.25) is 0 Å². The molecule has 1 heterocycles. The van der Waals surface area contributed by atoms with Crippen molar-refractivity contribution >= 4 is 23.2 Å². The van der Waals surface area contributed by atoms with Crippen LogP contribution in [0, 0.1) is 0 Å². The lowest BCUT2D eigenvalue weighted by Crippen LogP contribution is -2.37. The van der Waals surface area contributed by atoms with Crippen LogP contribution >= 0.6 is 23.2 Å². The molecule has 0 spiro atoms. The SMILES string of the molecule is NNC(CCc1ccccn1)Cc1cccc(Cl)c1Cl. The average molecular weight is 310 g/mol. The van der Waals surface area contributed by atoms with Gasteiger partial charge in [0, 0.05) is 17.9 Å². The molecule has 1 aromatic carbocycles. The largest absolute Gasteiger partial charge is 0.271 e. The Kier molecular flexibility index (Phi) is 5.80. The minimum Gasteiger partial charge on any atom is -0.271 e. The highest BCUT2D eigenvalue weighted by molar-refractivity contribution is 6.42. The highest BCUT2D eigenvalue weighted by atomic mass is 35.5. The molecule has 0 saturated carbocycles. The molecule has 0 radical (unpaired) electrons. The summed E-state index contributed by atoms with van der Waals surface area (Å²) in [5, 5.41) is 1.18. The first-order chi connectivity index (χ1) is 9.70. The fourth-order valence-electron chi connectivity index (χ4n) is 2.08. The molecule has 20 heavy (non-hydrogen) atoms. The van der Waals surface area contributed by atoms with E-state index in [9.17, 15) is 0 Å². The zero-order chi connectivity index (χ0) is 14.4. The Labute approximate surface area is 129 Å². The first-order valence-electron chi connectivity index (χ1n) is 6.49. The summed E-state index contributed by atoms with van der Waals surface area (Å²) in [6.07, 6.45) is 4.29. The zero-order valence-electron chi connectivity index (χ0n) is 11.0. The van der Waals surface area contributed by atoms with E-state index >= 15 is 0 Å². The summed E-state index contributed by atoms with van der Waals surface area (Å²) in [6.45, 7) is 0. The normalized spacial score (nSPS) is 12.3. The fraction of sp³-hybridized carbons (Fsp3) is 0.267. The van der Waals surface area contributed by atoms with Gasteiger partial charge < -0.3 is 0 Å². The molecule has 0 amide bonds. The predicted octanol–water partition coefficient (Wildman–Crippen LogP) is 3.40. The number of rotatable bonds is 6. The quantitative estimate of drug-likeness (QED) is 0.635. The molecule has 0 aliphatic carbocycles. The molecule has 2 rings (SSSR count). The van der Waals surface area contributed by atoms with Crippen molar-refractivity contribution in [3.05, 3.63) is 63.9 Å². The molecule has 3 N–H and O–H groups in total. The van der Waals surface area contributed by atoms with Crippen molar-refractivity contribution in [2.24, 2.45) is 5.84 Å². The standard InChI is InChI=1S/C15H17Cl2N3/c16-14-6-3-4-11(15(14)17)10-13(20-18)8-7-12-5-1-2-9-19-12/h1-6,9,13,20H,7-8,10,18H2. The van der Waals surface area contributed by atoms with Gasteiger partial charge in [-0.15, -0.1) is 0 Å². The van der Waals surface area contributed by atoms with Crippen molar-refractivity contribution in [1.29, 1.82) is 0 Å². The van der Waals surface area contributed by atoms with Gasteiger partial charge in [-0.05, 0) is 43.0 Å². The summed E-state index contributed by atoms with van der Waals surface area (Å²) in [4.78, 5) is 4.31. The van der Waals surface area contributed by atoms with E-state index in [-0.39, 0.29) is 6.04 Å². The molecule has 3 nitrogen and oxygen atoms in total. The van der Waals surface area contributed by atoms with Crippen molar-refractivity contribution in [3.8, 4) is 0 Å². The Balaban J connectivity index is 1.97. The van der Waals surface area contributed by atoms with Crippen LogP contribution in [0.3, 0.4) is 0 Å². The molecular formula is C15H17Cl2N3. The van der Waals surface area contributed by atoms with E-state index in [1.54, 1.807) is 12.3 Å². The molecule has 0 fully saturated rings. The van der Waals surface area contributed by atoms with Crippen LogP contribution in [0.5, 0.6) is 0 Å². The summed E-state index contributed by atoms with van der Waals surface area (Å²) < 4.78 is 0. The van der Waals surface area contributed by atoms with Crippen molar-refractivity contribution in [2.45, 2.75) is 25.3 Å². The van der Waals surface area contributed by atoms with E-state index in [1.807, 2.05) is 30.3 Å². The average Bonchev–Trinajstić information content (AvgIpc) is 2.49. The van der Waals surface area contributed by atoms with Crippen LogP contribution in [-0.2, 0) is 12.8 Å². The van der Waals surface area contributed by atoms with E-state index in [2.05, 4.69) is 10.4 Å². The van der Waals surface area contributed by atoms with Gasteiger partial charge in [-0.25, -0.2) is 0 Å². The second-order valence-corrected chi connectivity index (χ2v) is 5.43. The Morgan fingerprint density at radius 1 is 1.15 bits per heavy atom. The van der Waals surface area contributed by atoms with Crippen molar-refractivity contribution < 1.29 is 0 Å². The molecule has 1 unspecified atom stereocenters. The first-order valence-corrected chi connectivity index (χ1v) is 7.25. The third-order valence-corrected chi connectivity index (χ3v) is 4.07. The third-order valence-electron chi connectivity index (χ3n) is 3.21. The van der Waals surface area contributed by atoms with E-state index in [0.717, 1.165) is 30.5 Å². The van der Waals surface area contributed by atoms with Crippen molar-refractivity contribution in [1.82, 2.24) is 10.4 Å². The van der Waals surface area contributed by atoms with Gasteiger partial charge in [-0.1, -0.05) is 41.4 Å². The topological polar surface area (TPSA) is 50.9 Å². The summed E-state index contributed by atoms with van der Waals surface area (Å²) in [5.41, 5.74) is 4.90. The maximum absolute atomic E-state index is 6.20. The molecular weight excluding hydrogens is 293 g/mol. The molecule has 5 heteroatoms. The number of benzene rings is 1. The minimum absolute atomic E-state index is 0.132. The summed E-state index contributed by atoms with van der Waals surface area (Å²) in [5.74, 6) is 5.63. The second kappa shape index (κ2) is 7.60. The number of aryl methyl sites for hydroxylation is 1. The molecule has 1 atom stereocenters. The molecule has 1 aromatic heterocycles. The molecule has 0 saturated heterocycles. The van der Waals surface area contributed by atoms with Crippen LogP contribution in [0.1, 0.15) is 17.7 Å². The Bertz CT molecular complexity index is 546. The number of pyridine rings is 1.